The topological polar surface area (TPSA) is 73.0 Å². The first-order valence-electron chi connectivity index (χ1n) is 11.1. The van der Waals surface area contributed by atoms with Gasteiger partial charge in [0.25, 0.3) is 0 Å². The van der Waals surface area contributed by atoms with E-state index in [1.165, 1.54) is 0 Å². The van der Waals surface area contributed by atoms with Crippen LogP contribution in [0.5, 0.6) is 0 Å². The predicted octanol–water partition coefficient (Wildman–Crippen LogP) is 3.61. The zero-order valence-corrected chi connectivity index (χ0v) is 19.1. The highest BCUT2D eigenvalue weighted by atomic mass is 16.2. The molecule has 0 saturated carbocycles. The fourth-order valence-corrected chi connectivity index (χ4v) is 3.95. The summed E-state index contributed by atoms with van der Waals surface area (Å²) in [6, 6.07) is 17.1. The summed E-state index contributed by atoms with van der Waals surface area (Å²) in [5, 5.41) is 2.97. The largest absolute Gasteiger partial charge is 0.331 e. The van der Waals surface area contributed by atoms with Gasteiger partial charge in [-0.05, 0) is 49.6 Å². The van der Waals surface area contributed by atoms with E-state index < -0.39 is 0 Å². The Balaban J connectivity index is 1.52. The summed E-state index contributed by atoms with van der Waals surface area (Å²) in [5.74, 6) is -0.0898. The standard InChI is InChI=1S/C25H32N4O3/c1-4-29(22-8-6-5-7-9-22)23(30)18-19-10-12-21(13-11-19)26-24(31)20-14-16-28(17-15-20)25(32)27(2)3/h5-13,20H,4,14-18H2,1-3H3,(H,26,31). The van der Waals surface area contributed by atoms with Gasteiger partial charge in [0.05, 0.1) is 6.42 Å². The molecule has 7 heteroatoms. The number of hydrogen-bond donors (Lipinski definition) is 1. The van der Waals surface area contributed by atoms with Gasteiger partial charge in [-0.3, -0.25) is 9.59 Å². The molecule has 0 aliphatic carbocycles. The second kappa shape index (κ2) is 10.8. The Bertz CT molecular complexity index is 920. The highest BCUT2D eigenvalue weighted by molar-refractivity contribution is 5.95. The molecule has 0 bridgehead atoms. The average Bonchev–Trinajstić information content (AvgIpc) is 2.81. The first-order chi connectivity index (χ1) is 15.4. The maximum Gasteiger partial charge on any atom is 0.319 e. The molecule has 2 aromatic rings. The third kappa shape index (κ3) is 5.87. The number of carbonyl (C=O) groups is 3. The Labute approximate surface area is 190 Å². The molecule has 170 valence electrons. The van der Waals surface area contributed by atoms with Crippen molar-refractivity contribution in [3.05, 3.63) is 60.2 Å². The minimum absolute atomic E-state index is 0.0112. The monoisotopic (exact) mass is 436 g/mol. The summed E-state index contributed by atoms with van der Waals surface area (Å²) < 4.78 is 0. The number of urea groups is 1. The molecule has 0 unspecified atom stereocenters. The molecule has 0 atom stereocenters. The van der Waals surface area contributed by atoms with Crippen LogP contribution in [0.4, 0.5) is 16.2 Å². The number of para-hydroxylation sites is 1. The van der Waals surface area contributed by atoms with Crippen LogP contribution >= 0.6 is 0 Å². The van der Waals surface area contributed by atoms with Crippen LogP contribution in [-0.4, -0.2) is 61.4 Å². The Morgan fingerprint density at radius 3 is 2.16 bits per heavy atom. The summed E-state index contributed by atoms with van der Waals surface area (Å²) in [5.41, 5.74) is 2.51. The van der Waals surface area contributed by atoms with Crippen molar-refractivity contribution in [3.63, 3.8) is 0 Å². The van der Waals surface area contributed by atoms with Gasteiger partial charge in [0, 0.05) is 51.0 Å². The van der Waals surface area contributed by atoms with E-state index >= 15 is 0 Å². The summed E-state index contributed by atoms with van der Waals surface area (Å²) in [4.78, 5) is 42.5. The predicted molar refractivity (Wildman–Crippen MR) is 127 cm³/mol. The van der Waals surface area contributed by atoms with Crippen molar-refractivity contribution >= 4 is 29.2 Å². The van der Waals surface area contributed by atoms with Crippen molar-refractivity contribution in [2.24, 2.45) is 5.92 Å². The first kappa shape index (κ1) is 23.3. The number of anilines is 2. The Hall–Kier alpha value is -3.35. The maximum absolute atomic E-state index is 12.8. The van der Waals surface area contributed by atoms with Gasteiger partial charge >= 0.3 is 6.03 Å². The quantitative estimate of drug-likeness (QED) is 0.752. The van der Waals surface area contributed by atoms with E-state index in [9.17, 15) is 14.4 Å². The van der Waals surface area contributed by atoms with Crippen LogP contribution in [0.2, 0.25) is 0 Å². The fourth-order valence-electron chi connectivity index (χ4n) is 3.95. The van der Waals surface area contributed by atoms with Crippen LogP contribution in [0.1, 0.15) is 25.3 Å². The third-order valence-corrected chi connectivity index (χ3v) is 5.78. The van der Waals surface area contributed by atoms with E-state index in [0.29, 0.717) is 44.6 Å². The molecular weight excluding hydrogens is 404 g/mol. The van der Waals surface area contributed by atoms with Gasteiger partial charge in [0.15, 0.2) is 0 Å². The molecule has 0 radical (unpaired) electrons. The summed E-state index contributed by atoms with van der Waals surface area (Å²) >= 11 is 0. The van der Waals surface area contributed by atoms with Crippen LogP contribution in [0, 0.1) is 5.92 Å². The molecule has 1 N–H and O–H groups in total. The van der Waals surface area contributed by atoms with Crippen LogP contribution in [0.15, 0.2) is 54.6 Å². The van der Waals surface area contributed by atoms with E-state index in [4.69, 9.17) is 0 Å². The molecule has 4 amide bonds. The fraction of sp³-hybridized carbons (Fsp3) is 0.400. The van der Waals surface area contributed by atoms with Crippen molar-refractivity contribution in [2.45, 2.75) is 26.2 Å². The van der Waals surface area contributed by atoms with Gasteiger partial charge in [0.1, 0.15) is 0 Å². The van der Waals surface area contributed by atoms with E-state index in [0.717, 1.165) is 11.3 Å². The molecule has 1 fully saturated rings. The normalized spacial score (nSPS) is 14.0. The molecule has 7 nitrogen and oxygen atoms in total. The zero-order valence-electron chi connectivity index (χ0n) is 19.1. The Kier molecular flexibility index (Phi) is 7.87. The molecule has 2 aromatic carbocycles. The Morgan fingerprint density at radius 1 is 0.969 bits per heavy atom. The number of nitrogens with one attached hydrogen (secondary N) is 1. The van der Waals surface area contributed by atoms with Crippen LogP contribution < -0.4 is 10.2 Å². The molecule has 1 aliphatic heterocycles. The van der Waals surface area contributed by atoms with Crippen molar-refractivity contribution in [1.82, 2.24) is 9.80 Å². The zero-order chi connectivity index (χ0) is 23.1. The first-order valence-corrected chi connectivity index (χ1v) is 11.1. The van der Waals surface area contributed by atoms with Gasteiger partial charge in [-0.15, -0.1) is 0 Å². The molecule has 3 rings (SSSR count). The lowest BCUT2D eigenvalue weighted by atomic mass is 9.96. The summed E-state index contributed by atoms with van der Waals surface area (Å²) in [6.45, 7) is 3.75. The van der Waals surface area contributed by atoms with Crippen LogP contribution in [-0.2, 0) is 16.0 Å². The number of nitrogens with zero attached hydrogens (tertiary/aromatic N) is 3. The summed E-state index contributed by atoms with van der Waals surface area (Å²) in [7, 11) is 3.47. The number of likely N-dealkylation sites (tertiary alicyclic amines) is 1. The lowest BCUT2D eigenvalue weighted by Crippen LogP contribution is -2.45. The molecule has 0 spiro atoms. The number of amides is 4. The van der Waals surface area contributed by atoms with Gasteiger partial charge in [-0.25, -0.2) is 4.79 Å². The molecule has 1 saturated heterocycles. The highest BCUT2D eigenvalue weighted by Crippen LogP contribution is 2.21. The van der Waals surface area contributed by atoms with E-state index in [-0.39, 0.29) is 23.8 Å². The van der Waals surface area contributed by atoms with Gasteiger partial charge in [-0.2, -0.15) is 0 Å². The Morgan fingerprint density at radius 2 is 1.59 bits per heavy atom. The number of piperidine rings is 1. The van der Waals surface area contributed by atoms with Crippen molar-refractivity contribution < 1.29 is 14.4 Å². The summed E-state index contributed by atoms with van der Waals surface area (Å²) in [6.07, 6.45) is 1.62. The number of benzene rings is 2. The number of likely N-dealkylation sites (N-methyl/N-ethyl adjacent to an activating group) is 1. The molecule has 0 aromatic heterocycles. The van der Waals surface area contributed by atoms with Gasteiger partial charge in [-0.1, -0.05) is 30.3 Å². The van der Waals surface area contributed by atoms with E-state index in [1.54, 1.807) is 28.8 Å². The second-order valence-electron chi connectivity index (χ2n) is 8.27. The van der Waals surface area contributed by atoms with Gasteiger partial charge in [0.2, 0.25) is 11.8 Å². The number of hydrogen-bond acceptors (Lipinski definition) is 3. The lowest BCUT2D eigenvalue weighted by Gasteiger charge is -2.33. The van der Waals surface area contributed by atoms with Crippen LogP contribution in [0.3, 0.4) is 0 Å². The smallest absolute Gasteiger partial charge is 0.319 e. The van der Waals surface area contributed by atoms with E-state index in [2.05, 4.69) is 5.32 Å². The third-order valence-electron chi connectivity index (χ3n) is 5.78. The minimum Gasteiger partial charge on any atom is -0.331 e. The molecule has 1 aliphatic rings. The van der Waals surface area contributed by atoms with Crippen molar-refractivity contribution in [1.29, 1.82) is 0 Å². The molecule has 1 heterocycles. The minimum atomic E-state index is -0.105. The average molecular weight is 437 g/mol. The van der Waals surface area contributed by atoms with Crippen LogP contribution in [0.25, 0.3) is 0 Å². The SMILES string of the molecule is CCN(C(=O)Cc1ccc(NC(=O)C2CCN(C(=O)N(C)C)CC2)cc1)c1ccccc1. The van der Waals surface area contributed by atoms with Gasteiger partial charge < -0.3 is 20.0 Å². The highest BCUT2D eigenvalue weighted by Gasteiger charge is 2.28. The van der Waals surface area contributed by atoms with Crippen molar-refractivity contribution in [3.8, 4) is 0 Å². The second-order valence-corrected chi connectivity index (χ2v) is 8.27. The molecule has 32 heavy (non-hydrogen) atoms. The van der Waals surface area contributed by atoms with E-state index in [1.807, 2.05) is 61.5 Å². The number of carbonyl (C=O) groups excluding carboxylic acids is 3. The van der Waals surface area contributed by atoms with Crippen molar-refractivity contribution in [2.75, 3.05) is 43.9 Å². The number of rotatable bonds is 6. The molecular formula is C25H32N4O3. The maximum atomic E-state index is 12.8. The lowest BCUT2D eigenvalue weighted by molar-refractivity contribution is -0.121.